The number of amides is 1. The number of carbonyl (C=O) groups is 1. The summed E-state index contributed by atoms with van der Waals surface area (Å²) >= 11 is 0. The number of fused-ring (bicyclic) bond motifs is 1. The first kappa shape index (κ1) is 16.0. The minimum Gasteiger partial charge on any atom is -0.326 e. The molecule has 3 rings (SSSR count). The van der Waals surface area contributed by atoms with Crippen LogP contribution in [-0.4, -0.2) is 15.0 Å². The van der Waals surface area contributed by atoms with E-state index in [4.69, 9.17) is 0 Å². The molecule has 0 saturated heterocycles. The summed E-state index contributed by atoms with van der Waals surface area (Å²) in [6, 6.07) is 11.7. The third-order valence-corrected chi connectivity index (χ3v) is 4.09. The van der Waals surface area contributed by atoms with Crippen molar-refractivity contribution in [2.75, 3.05) is 5.32 Å². The summed E-state index contributed by atoms with van der Waals surface area (Å²) in [6.45, 7) is 2.06. The average molecular weight is 327 g/mol. The lowest BCUT2D eigenvalue weighted by Gasteiger charge is -2.09. The SMILES string of the molecule is Cc1ccc(F)cc1NC(=O)CCn1c(=O)n(C)c2ccccc21. The van der Waals surface area contributed by atoms with Crippen molar-refractivity contribution in [3.63, 3.8) is 0 Å². The van der Waals surface area contributed by atoms with Gasteiger partial charge in [0.25, 0.3) is 0 Å². The summed E-state index contributed by atoms with van der Waals surface area (Å²) in [5.74, 6) is -0.662. The van der Waals surface area contributed by atoms with E-state index in [1.54, 1.807) is 29.2 Å². The van der Waals surface area contributed by atoms with Crippen molar-refractivity contribution in [3.8, 4) is 0 Å². The van der Waals surface area contributed by atoms with Gasteiger partial charge >= 0.3 is 5.69 Å². The Morgan fingerprint density at radius 2 is 1.88 bits per heavy atom. The van der Waals surface area contributed by atoms with Gasteiger partial charge in [-0.3, -0.25) is 13.9 Å². The number of para-hydroxylation sites is 2. The molecule has 0 aliphatic rings. The second-order valence-electron chi connectivity index (χ2n) is 5.74. The van der Waals surface area contributed by atoms with Crippen molar-refractivity contribution in [2.24, 2.45) is 7.05 Å². The standard InChI is InChI=1S/C18H18FN3O2/c1-12-7-8-13(19)11-14(12)20-17(23)9-10-22-16-6-4-3-5-15(16)21(2)18(22)24/h3-8,11H,9-10H2,1-2H3,(H,20,23). The highest BCUT2D eigenvalue weighted by Gasteiger charge is 2.12. The summed E-state index contributed by atoms with van der Waals surface area (Å²) in [5, 5.41) is 2.69. The molecule has 0 fully saturated rings. The molecule has 5 nitrogen and oxygen atoms in total. The minimum absolute atomic E-state index is 0.129. The summed E-state index contributed by atoms with van der Waals surface area (Å²) in [5.41, 5.74) is 2.69. The molecule has 0 bridgehead atoms. The van der Waals surface area contributed by atoms with Crippen LogP contribution in [0.25, 0.3) is 11.0 Å². The maximum atomic E-state index is 13.3. The second kappa shape index (κ2) is 6.31. The van der Waals surface area contributed by atoms with Gasteiger partial charge in [-0.1, -0.05) is 18.2 Å². The van der Waals surface area contributed by atoms with Crippen LogP contribution in [-0.2, 0) is 18.4 Å². The van der Waals surface area contributed by atoms with E-state index in [2.05, 4.69) is 5.32 Å². The Balaban J connectivity index is 1.77. The van der Waals surface area contributed by atoms with Crippen molar-refractivity contribution < 1.29 is 9.18 Å². The highest BCUT2D eigenvalue weighted by molar-refractivity contribution is 5.91. The number of nitrogens with one attached hydrogen (secondary N) is 1. The second-order valence-corrected chi connectivity index (χ2v) is 5.74. The summed E-state index contributed by atoms with van der Waals surface area (Å²) in [7, 11) is 1.71. The molecule has 1 N–H and O–H groups in total. The quantitative estimate of drug-likeness (QED) is 0.801. The van der Waals surface area contributed by atoms with E-state index >= 15 is 0 Å². The fourth-order valence-corrected chi connectivity index (χ4v) is 2.73. The summed E-state index contributed by atoms with van der Waals surface area (Å²) in [4.78, 5) is 24.5. The Hall–Kier alpha value is -2.89. The summed E-state index contributed by atoms with van der Waals surface area (Å²) in [6.07, 6.45) is 0.129. The number of benzene rings is 2. The molecular formula is C18H18FN3O2. The van der Waals surface area contributed by atoms with Crippen LogP contribution in [0.4, 0.5) is 10.1 Å². The molecule has 1 aromatic heterocycles. The van der Waals surface area contributed by atoms with Crippen LogP contribution in [0, 0.1) is 12.7 Å². The largest absolute Gasteiger partial charge is 0.328 e. The molecule has 3 aromatic rings. The molecule has 1 heterocycles. The van der Waals surface area contributed by atoms with Crippen LogP contribution in [0.15, 0.2) is 47.3 Å². The molecule has 6 heteroatoms. The average Bonchev–Trinajstić information content (AvgIpc) is 2.81. The van der Waals surface area contributed by atoms with Gasteiger partial charge in [-0.2, -0.15) is 0 Å². The van der Waals surface area contributed by atoms with E-state index in [-0.39, 0.29) is 24.6 Å². The highest BCUT2D eigenvalue weighted by Crippen LogP contribution is 2.16. The molecule has 0 spiro atoms. The van der Waals surface area contributed by atoms with Crippen LogP contribution < -0.4 is 11.0 Å². The van der Waals surface area contributed by atoms with Crippen LogP contribution in [0.2, 0.25) is 0 Å². The number of rotatable bonds is 4. The van der Waals surface area contributed by atoms with Gasteiger partial charge in [0.1, 0.15) is 5.82 Å². The molecule has 2 aromatic carbocycles. The van der Waals surface area contributed by atoms with E-state index < -0.39 is 5.82 Å². The predicted octanol–water partition coefficient (Wildman–Crippen LogP) is 2.82. The first-order chi connectivity index (χ1) is 11.5. The first-order valence-corrected chi connectivity index (χ1v) is 7.67. The molecule has 124 valence electrons. The van der Waals surface area contributed by atoms with Gasteiger partial charge in [-0.15, -0.1) is 0 Å². The number of anilines is 1. The Morgan fingerprint density at radius 1 is 1.17 bits per heavy atom. The Bertz CT molecular complexity index is 972. The fraction of sp³-hybridized carbons (Fsp3) is 0.222. The number of nitrogens with zero attached hydrogens (tertiary/aromatic N) is 2. The third kappa shape index (κ3) is 2.95. The Labute approximate surface area is 138 Å². The molecule has 1 amide bonds. The number of hydrogen-bond acceptors (Lipinski definition) is 2. The first-order valence-electron chi connectivity index (χ1n) is 7.67. The minimum atomic E-state index is -0.402. The van der Waals surface area contributed by atoms with Crippen molar-refractivity contribution >= 4 is 22.6 Å². The Kier molecular flexibility index (Phi) is 4.20. The van der Waals surface area contributed by atoms with Crippen molar-refractivity contribution in [1.29, 1.82) is 0 Å². The van der Waals surface area contributed by atoms with E-state index in [0.717, 1.165) is 16.6 Å². The number of hydrogen-bond donors (Lipinski definition) is 1. The zero-order chi connectivity index (χ0) is 17.3. The highest BCUT2D eigenvalue weighted by atomic mass is 19.1. The molecule has 0 aliphatic carbocycles. The topological polar surface area (TPSA) is 56.0 Å². The molecule has 0 saturated carbocycles. The third-order valence-electron chi connectivity index (χ3n) is 4.09. The van der Waals surface area contributed by atoms with Gasteiger partial charge in [-0.25, -0.2) is 9.18 Å². The lowest BCUT2D eigenvalue weighted by Crippen LogP contribution is -2.24. The molecular weight excluding hydrogens is 309 g/mol. The van der Waals surface area contributed by atoms with Crippen molar-refractivity contribution in [2.45, 2.75) is 19.9 Å². The van der Waals surface area contributed by atoms with Crippen LogP contribution in [0.1, 0.15) is 12.0 Å². The predicted molar refractivity (Wildman–Crippen MR) is 91.6 cm³/mol. The van der Waals surface area contributed by atoms with Crippen LogP contribution >= 0.6 is 0 Å². The Morgan fingerprint density at radius 3 is 2.62 bits per heavy atom. The zero-order valence-electron chi connectivity index (χ0n) is 13.5. The van der Waals surface area contributed by atoms with E-state index in [1.807, 2.05) is 24.3 Å². The lowest BCUT2D eigenvalue weighted by atomic mass is 10.2. The molecule has 24 heavy (non-hydrogen) atoms. The van der Waals surface area contributed by atoms with E-state index in [9.17, 15) is 14.0 Å². The molecule has 0 unspecified atom stereocenters. The van der Waals surface area contributed by atoms with Gasteiger partial charge in [0.15, 0.2) is 0 Å². The van der Waals surface area contributed by atoms with Gasteiger partial charge < -0.3 is 5.32 Å². The van der Waals surface area contributed by atoms with E-state index in [0.29, 0.717) is 5.69 Å². The van der Waals surface area contributed by atoms with Gasteiger partial charge in [0.05, 0.1) is 11.0 Å². The summed E-state index contributed by atoms with van der Waals surface area (Å²) < 4.78 is 16.4. The van der Waals surface area contributed by atoms with Crippen LogP contribution in [0.3, 0.4) is 0 Å². The zero-order valence-corrected chi connectivity index (χ0v) is 13.5. The van der Waals surface area contributed by atoms with Gasteiger partial charge in [-0.05, 0) is 36.8 Å². The lowest BCUT2D eigenvalue weighted by molar-refractivity contribution is -0.116. The maximum absolute atomic E-state index is 13.3. The van der Waals surface area contributed by atoms with Gasteiger partial charge in [0.2, 0.25) is 5.91 Å². The molecule has 0 aliphatic heterocycles. The van der Waals surface area contributed by atoms with Crippen molar-refractivity contribution in [1.82, 2.24) is 9.13 Å². The molecule has 0 radical (unpaired) electrons. The molecule has 0 atom stereocenters. The number of carbonyl (C=O) groups excluding carboxylic acids is 1. The maximum Gasteiger partial charge on any atom is 0.328 e. The van der Waals surface area contributed by atoms with E-state index in [1.165, 1.54) is 12.1 Å². The van der Waals surface area contributed by atoms with Crippen LogP contribution in [0.5, 0.6) is 0 Å². The monoisotopic (exact) mass is 327 g/mol. The normalized spacial score (nSPS) is 11.0. The number of aryl methyl sites for hydroxylation is 3. The number of aromatic nitrogens is 2. The number of imidazole rings is 1. The smallest absolute Gasteiger partial charge is 0.326 e. The number of halogens is 1. The van der Waals surface area contributed by atoms with Crippen molar-refractivity contribution in [3.05, 3.63) is 64.3 Å². The van der Waals surface area contributed by atoms with Gasteiger partial charge in [0, 0.05) is 25.7 Å². The fourth-order valence-electron chi connectivity index (χ4n) is 2.73.